The standard InChI is InChI=1S/C30H33IN4O2/c31-25-14-11-22(12-15-25)13-16-29(36)33-20-26-17-18-35(30(37)28(19-32)34-26)21-27(23-7-3-1-4-8-23)24-9-5-2-6-10-24/h1-16,26-28,34H,17-21,32H2,(H,33,36)/b16-13+/t26-,28-/m0/s1. The zero-order valence-corrected chi connectivity index (χ0v) is 22.9. The molecule has 4 N–H and O–H groups in total. The Bertz CT molecular complexity index is 1150. The SMILES string of the molecule is NC[C@@H]1N[C@H](CNC(=O)/C=C/c2ccc(I)cc2)CCN(CC(c2ccccc2)c2ccccc2)C1=O. The summed E-state index contributed by atoms with van der Waals surface area (Å²) in [4.78, 5) is 27.8. The monoisotopic (exact) mass is 608 g/mol. The van der Waals surface area contributed by atoms with Crippen LogP contribution >= 0.6 is 22.6 Å². The van der Waals surface area contributed by atoms with Gasteiger partial charge in [0.2, 0.25) is 11.8 Å². The van der Waals surface area contributed by atoms with Crippen molar-refractivity contribution in [3.05, 3.63) is 111 Å². The van der Waals surface area contributed by atoms with E-state index >= 15 is 0 Å². The molecule has 2 atom stereocenters. The van der Waals surface area contributed by atoms with E-state index in [9.17, 15) is 9.59 Å². The maximum Gasteiger partial charge on any atom is 0.244 e. The molecule has 3 aromatic carbocycles. The molecule has 1 fully saturated rings. The molecule has 4 rings (SSSR count). The number of nitrogens with two attached hydrogens (primary N) is 1. The van der Waals surface area contributed by atoms with E-state index in [0.29, 0.717) is 19.6 Å². The molecule has 37 heavy (non-hydrogen) atoms. The first kappa shape index (κ1) is 27.0. The van der Waals surface area contributed by atoms with E-state index in [1.807, 2.05) is 65.6 Å². The van der Waals surface area contributed by atoms with E-state index in [4.69, 9.17) is 5.73 Å². The summed E-state index contributed by atoms with van der Waals surface area (Å²) in [6, 6.07) is 28.0. The third-order valence-electron chi connectivity index (χ3n) is 6.66. The van der Waals surface area contributed by atoms with Gasteiger partial charge in [-0.15, -0.1) is 0 Å². The molecule has 0 spiro atoms. The van der Waals surface area contributed by atoms with Crippen LogP contribution in [0.1, 0.15) is 29.0 Å². The highest BCUT2D eigenvalue weighted by Gasteiger charge is 2.32. The Balaban J connectivity index is 1.40. The van der Waals surface area contributed by atoms with E-state index in [-0.39, 0.29) is 30.3 Å². The minimum atomic E-state index is -0.487. The van der Waals surface area contributed by atoms with Crippen molar-refractivity contribution in [3.8, 4) is 0 Å². The molecule has 6 nitrogen and oxygen atoms in total. The van der Waals surface area contributed by atoms with Crippen LogP contribution in [0.3, 0.4) is 0 Å². The van der Waals surface area contributed by atoms with Crippen molar-refractivity contribution >= 4 is 40.5 Å². The van der Waals surface area contributed by atoms with E-state index in [0.717, 1.165) is 15.6 Å². The van der Waals surface area contributed by atoms with Gasteiger partial charge in [0.25, 0.3) is 0 Å². The predicted molar refractivity (Wildman–Crippen MR) is 157 cm³/mol. The maximum atomic E-state index is 13.4. The van der Waals surface area contributed by atoms with Gasteiger partial charge in [-0.25, -0.2) is 0 Å². The molecule has 1 aliphatic rings. The highest BCUT2D eigenvalue weighted by molar-refractivity contribution is 14.1. The van der Waals surface area contributed by atoms with Gasteiger partial charge < -0.3 is 21.3 Å². The minimum Gasteiger partial charge on any atom is -0.351 e. The number of carbonyl (C=O) groups is 2. The van der Waals surface area contributed by atoms with Crippen LogP contribution in [0.2, 0.25) is 0 Å². The minimum absolute atomic E-state index is 0.00629. The molecule has 3 aromatic rings. The van der Waals surface area contributed by atoms with E-state index in [2.05, 4.69) is 57.5 Å². The number of carbonyl (C=O) groups excluding carboxylic acids is 2. The summed E-state index contributed by atoms with van der Waals surface area (Å²) in [6.07, 6.45) is 4.06. The number of nitrogens with zero attached hydrogens (tertiary/aromatic N) is 1. The van der Waals surface area contributed by atoms with Crippen molar-refractivity contribution in [1.82, 2.24) is 15.5 Å². The number of benzene rings is 3. The Labute approximate surface area is 232 Å². The van der Waals surface area contributed by atoms with Crippen molar-refractivity contribution in [2.75, 3.05) is 26.2 Å². The van der Waals surface area contributed by atoms with Crippen LogP contribution in [0.15, 0.2) is 91.0 Å². The average molecular weight is 609 g/mol. The molecule has 1 saturated heterocycles. The number of rotatable bonds is 9. The fourth-order valence-corrected chi connectivity index (χ4v) is 4.97. The van der Waals surface area contributed by atoms with Gasteiger partial charge in [-0.05, 0) is 63.9 Å². The molecule has 0 radical (unpaired) electrons. The molecule has 7 heteroatoms. The molecular weight excluding hydrogens is 575 g/mol. The second kappa shape index (κ2) is 13.5. The lowest BCUT2D eigenvalue weighted by Gasteiger charge is -2.29. The summed E-state index contributed by atoms with van der Waals surface area (Å²) in [5.74, 6) is -0.0930. The van der Waals surface area contributed by atoms with Gasteiger partial charge in [0.1, 0.15) is 0 Å². The van der Waals surface area contributed by atoms with Gasteiger partial charge in [-0.1, -0.05) is 72.8 Å². The molecule has 0 aliphatic carbocycles. The van der Waals surface area contributed by atoms with Crippen molar-refractivity contribution in [2.45, 2.75) is 24.4 Å². The van der Waals surface area contributed by atoms with E-state index in [1.165, 1.54) is 11.1 Å². The lowest BCUT2D eigenvalue weighted by Crippen LogP contribution is -2.52. The first-order valence-electron chi connectivity index (χ1n) is 12.6. The first-order valence-corrected chi connectivity index (χ1v) is 13.7. The molecule has 0 bridgehead atoms. The van der Waals surface area contributed by atoms with Crippen molar-refractivity contribution < 1.29 is 9.59 Å². The van der Waals surface area contributed by atoms with Gasteiger partial charge in [0.05, 0.1) is 6.04 Å². The van der Waals surface area contributed by atoms with Crippen molar-refractivity contribution in [2.24, 2.45) is 5.73 Å². The van der Waals surface area contributed by atoms with Gasteiger partial charge in [-0.3, -0.25) is 9.59 Å². The molecule has 0 saturated carbocycles. The Morgan fingerprint density at radius 2 is 1.65 bits per heavy atom. The van der Waals surface area contributed by atoms with E-state index < -0.39 is 6.04 Å². The van der Waals surface area contributed by atoms with Crippen LogP contribution in [-0.4, -0.2) is 55.0 Å². The number of hydrogen-bond acceptors (Lipinski definition) is 4. The van der Waals surface area contributed by atoms with Gasteiger partial charge in [0.15, 0.2) is 0 Å². The van der Waals surface area contributed by atoms with Gasteiger partial charge in [-0.2, -0.15) is 0 Å². The van der Waals surface area contributed by atoms with Crippen molar-refractivity contribution in [3.63, 3.8) is 0 Å². The van der Waals surface area contributed by atoms with Crippen molar-refractivity contribution in [1.29, 1.82) is 0 Å². The lowest BCUT2D eigenvalue weighted by atomic mass is 9.90. The quantitative estimate of drug-likeness (QED) is 0.255. The summed E-state index contributed by atoms with van der Waals surface area (Å²) in [6.45, 7) is 1.79. The summed E-state index contributed by atoms with van der Waals surface area (Å²) >= 11 is 2.25. The molecule has 0 unspecified atom stereocenters. The van der Waals surface area contributed by atoms with Crippen LogP contribution in [0.4, 0.5) is 0 Å². The maximum absolute atomic E-state index is 13.4. The van der Waals surface area contributed by atoms with Crippen LogP contribution in [0.25, 0.3) is 6.08 Å². The summed E-state index contributed by atoms with van der Waals surface area (Å²) < 4.78 is 1.15. The number of hydrogen-bond donors (Lipinski definition) is 3. The number of nitrogens with one attached hydrogen (secondary N) is 2. The first-order chi connectivity index (χ1) is 18.0. The fraction of sp³-hybridized carbons (Fsp3) is 0.267. The second-order valence-electron chi connectivity index (χ2n) is 9.23. The molecular formula is C30H33IN4O2. The zero-order valence-electron chi connectivity index (χ0n) is 20.7. The Morgan fingerprint density at radius 1 is 1.03 bits per heavy atom. The lowest BCUT2D eigenvalue weighted by molar-refractivity contribution is -0.132. The Hall–Kier alpha value is -3.01. The normalized spacial score (nSPS) is 18.2. The molecule has 2 amide bonds. The second-order valence-corrected chi connectivity index (χ2v) is 10.5. The highest BCUT2D eigenvalue weighted by atomic mass is 127. The van der Waals surface area contributed by atoms with Gasteiger partial charge in [0, 0.05) is 47.8 Å². The smallest absolute Gasteiger partial charge is 0.244 e. The third kappa shape index (κ3) is 7.74. The summed E-state index contributed by atoms with van der Waals surface area (Å²) in [7, 11) is 0. The third-order valence-corrected chi connectivity index (χ3v) is 7.38. The Kier molecular flexibility index (Phi) is 9.87. The average Bonchev–Trinajstić information content (AvgIpc) is 3.09. The largest absolute Gasteiger partial charge is 0.351 e. The highest BCUT2D eigenvalue weighted by Crippen LogP contribution is 2.26. The molecule has 0 aromatic heterocycles. The fourth-order valence-electron chi connectivity index (χ4n) is 4.62. The summed E-state index contributed by atoms with van der Waals surface area (Å²) in [5, 5.41) is 6.35. The zero-order chi connectivity index (χ0) is 26.0. The topological polar surface area (TPSA) is 87.5 Å². The van der Waals surface area contributed by atoms with Gasteiger partial charge >= 0.3 is 0 Å². The molecule has 1 aliphatic heterocycles. The Morgan fingerprint density at radius 3 is 2.24 bits per heavy atom. The van der Waals surface area contributed by atoms with Crippen LogP contribution in [-0.2, 0) is 9.59 Å². The summed E-state index contributed by atoms with van der Waals surface area (Å²) in [5.41, 5.74) is 9.33. The molecule has 192 valence electrons. The van der Waals surface area contributed by atoms with E-state index in [1.54, 1.807) is 12.2 Å². The number of halogens is 1. The molecule has 1 heterocycles. The van der Waals surface area contributed by atoms with Crippen LogP contribution < -0.4 is 16.4 Å². The van der Waals surface area contributed by atoms with Crippen LogP contribution in [0, 0.1) is 3.57 Å². The predicted octanol–water partition coefficient (Wildman–Crippen LogP) is 3.77. The van der Waals surface area contributed by atoms with Crippen LogP contribution in [0.5, 0.6) is 0 Å². The number of amides is 2.